The summed E-state index contributed by atoms with van der Waals surface area (Å²) in [6.07, 6.45) is 1.10. The van der Waals surface area contributed by atoms with Crippen LogP contribution in [0.4, 0.5) is 0 Å². The first-order chi connectivity index (χ1) is 10.8. The van der Waals surface area contributed by atoms with Crippen LogP contribution in [0.3, 0.4) is 0 Å². The Morgan fingerprint density at radius 3 is 2.65 bits per heavy atom. The van der Waals surface area contributed by atoms with Crippen molar-refractivity contribution in [1.82, 2.24) is 16.1 Å². The van der Waals surface area contributed by atoms with Crippen molar-refractivity contribution in [1.29, 1.82) is 0 Å². The molecule has 0 aliphatic carbocycles. The average Bonchev–Trinajstić information content (AvgIpc) is 2.87. The number of aliphatic imine (C=N–C) groups is 1. The van der Waals surface area contributed by atoms with E-state index >= 15 is 0 Å². The molecule has 1 unspecified atom stereocenters. The molecule has 3 atom stereocenters. The van der Waals surface area contributed by atoms with Gasteiger partial charge in [0.2, 0.25) is 11.8 Å². The lowest BCUT2D eigenvalue weighted by Crippen LogP contribution is -2.50. The molecule has 1 heterocycles. The Labute approximate surface area is 132 Å². The molecule has 0 bridgehead atoms. The number of nitro groups is 1. The third-order valence-electron chi connectivity index (χ3n) is 3.28. The highest BCUT2D eigenvalue weighted by Gasteiger charge is 2.29. The van der Waals surface area contributed by atoms with Crippen molar-refractivity contribution < 1.29 is 14.6 Å². The van der Waals surface area contributed by atoms with E-state index in [1.165, 1.54) is 0 Å². The Morgan fingerprint density at radius 1 is 1.43 bits per heavy atom. The predicted octanol–water partition coefficient (Wildman–Crippen LogP) is -3.48. The van der Waals surface area contributed by atoms with E-state index in [9.17, 15) is 19.7 Å². The molecule has 1 saturated heterocycles. The summed E-state index contributed by atoms with van der Waals surface area (Å²) < 4.78 is 0. The second-order valence-electron chi connectivity index (χ2n) is 5.20. The maximum absolute atomic E-state index is 12.0. The van der Waals surface area contributed by atoms with Crippen LogP contribution >= 0.6 is 0 Å². The van der Waals surface area contributed by atoms with Crippen molar-refractivity contribution in [3.63, 3.8) is 0 Å². The molecule has 2 amide bonds. The van der Waals surface area contributed by atoms with Gasteiger partial charge in [-0.2, -0.15) is 0 Å². The summed E-state index contributed by atoms with van der Waals surface area (Å²) >= 11 is 0. The van der Waals surface area contributed by atoms with E-state index in [4.69, 9.17) is 17.2 Å². The number of primary amides is 1. The minimum Gasteiger partial charge on any atom is -0.368 e. The second-order valence-corrected chi connectivity index (χ2v) is 5.20. The van der Waals surface area contributed by atoms with Gasteiger partial charge in [-0.3, -0.25) is 9.59 Å². The van der Waals surface area contributed by atoms with Gasteiger partial charge in [0.05, 0.1) is 6.04 Å². The van der Waals surface area contributed by atoms with Crippen LogP contribution in [0.5, 0.6) is 0 Å². The van der Waals surface area contributed by atoms with Crippen LogP contribution in [0.2, 0.25) is 0 Å². The van der Waals surface area contributed by atoms with Gasteiger partial charge in [0.25, 0.3) is 5.96 Å². The maximum atomic E-state index is 12.0. The van der Waals surface area contributed by atoms with Gasteiger partial charge in [0.15, 0.2) is 5.03 Å². The minimum absolute atomic E-state index is 0.0933. The van der Waals surface area contributed by atoms with E-state index in [2.05, 4.69) is 15.6 Å². The number of hydrogen-bond acceptors (Lipinski definition) is 7. The smallest absolute Gasteiger partial charge is 0.251 e. The van der Waals surface area contributed by atoms with Crippen molar-refractivity contribution in [3.8, 4) is 0 Å². The van der Waals surface area contributed by atoms with Crippen LogP contribution in [-0.4, -0.2) is 54.0 Å². The molecule has 0 aromatic carbocycles. The SMILES string of the molecule is NC(=O)[C@@H](CCCN=C(N)N[N+](=O)[O-])NC(=O)C1C[C@H](N)CN1. The highest BCUT2D eigenvalue weighted by molar-refractivity contribution is 5.89. The lowest BCUT2D eigenvalue weighted by Gasteiger charge is -2.18. The quantitative estimate of drug-likeness (QED) is 0.0864. The molecular formula is C11H22N8O4. The van der Waals surface area contributed by atoms with Crippen LogP contribution < -0.4 is 33.3 Å². The van der Waals surface area contributed by atoms with Crippen LogP contribution in [0, 0.1) is 10.1 Å². The lowest BCUT2D eigenvalue weighted by molar-refractivity contribution is -0.525. The molecule has 0 spiro atoms. The number of rotatable bonds is 8. The van der Waals surface area contributed by atoms with Gasteiger partial charge < -0.3 is 27.8 Å². The Kier molecular flexibility index (Phi) is 7.15. The zero-order valence-electron chi connectivity index (χ0n) is 12.5. The van der Waals surface area contributed by atoms with Crippen molar-refractivity contribution in [2.45, 2.75) is 37.4 Å². The van der Waals surface area contributed by atoms with Crippen molar-refractivity contribution in [2.24, 2.45) is 22.2 Å². The van der Waals surface area contributed by atoms with E-state index < -0.39 is 23.0 Å². The molecule has 0 aromatic rings. The lowest BCUT2D eigenvalue weighted by atomic mass is 10.1. The molecular weight excluding hydrogens is 308 g/mol. The van der Waals surface area contributed by atoms with Gasteiger partial charge >= 0.3 is 0 Å². The summed E-state index contributed by atoms with van der Waals surface area (Å²) in [7, 11) is 0. The minimum atomic E-state index is -0.846. The molecule has 1 rings (SSSR count). The third kappa shape index (κ3) is 6.88. The summed E-state index contributed by atoms with van der Waals surface area (Å²) in [5.74, 6) is -1.33. The molecule has 1 aliphatic rings. The molecule has 1 aliphatic heterocycles. The topological polar surface area (TPSA) is 204 Å². The van der Waals surface area contributed by atoms with Gasteiger partial charge in [-0.25, -0.2) is 15.1 Å². The van der Waals surface area contributed by atoms with E-state index in [1.807, 2.05) is 0 Å². The van der Waals surface area contributed by atoms with Gasteiger partial charge in [-0.05, 0) is 19.3 Å². The second kappa shape index (κ2) is 8.85. The number of amides is 2. The van der Waals surface area contributed by atoms with Gasteiger partial charge in [0, 0.05) is 19.1 Å². The van der Waals surface area contributed by atoms with E-state index in [0.29, 0.717) is 19.4 Å². The number of nitrogens with zero attached hydrogens (tertiary/aromatic N) is 2. The van der Waals surface area contributed by atoms with Gasteiger partial charge in [-0.1, -0.05) is 5.43 Å². The van der Waals surface area contributed by atoms with Crippen LogP contribution in [0.25, 0.3) is 0 Å². The van der Waals surface area contributed by atoms with E-state index in [-0.39, 0.29) is 30.9 Å². The van der Waals surface area contributed by atoms with Crippen LogP contribution in [0.15, 0.2) is 4.99 Å². The number of guanidine groups is 1. The van der Waals surface area contributed by atoms with Crippen LogP contribution in [0.1, 0.15) is 19.3 Å². The van der Waals surface area contributed by atoms with Crippen molar-refractivity contribution in [3.05, 3.63) is 10.1 Å². The zero-order valence-corrected chi connectivity index (χ0v) is 12.5. The number of nitrogens with one attached hydrogen (secondary N) is 3. The third-order valence-corrected chi connectivity index (χ3v) is 3.28. The number of hydrazine groups is 1. The van der Waals surface area contributed by atoms with E-state index in [1.54, 1.807) is 5.43 Å². The predicted molar refractivity (Wildman–Crippen MR) is 81.4 cm³/mol. The largest absolute Gasteiger partial charge is 0.368 e. The molecule has 1 fully saturated rings. The highest BCUT2D eigenvalue weighted by atomic mass is 16.7. The van der Waals surface area contributed by atoms with Crippen molar-refractivity contribution >= 4 is 17.8 Å². The normalized spacial score (nSPS) is 22.4. The molecule has 0 aromatic heterocycles. The molecule has 130 valence electrons. The molecule has 9 N–H and O–H groups in total. The van der Waals surface area contributed by atoms with Crippen molar-refractivity contribution in [2.75, 3.05) is 13.1 Å². The fraction of sp³-hybridized carbons (Fsp3) is 0.727. The number of carbonyl (C=O) groups excluding carboxylic acids is 2. The average molecular weight is 330 g/mol. The summed E-state index contributed by atoms with van der Waals surface area (Å²) in [5, 5.41) is 14.8. The zero-order chi connectivity index (χ0) is 17.4. The summed E-state index contributed by atoms with van der Waals surface area (Å²) in [6.45, 7) is 0.690. The maximum Gasteiger partial charge on any atom is 0.251 e. The fourth-order valence-electron chi connectivity index (χ4n) is 2.14. The first-order valence-corrected chi connectivity index (χ1v) is 7.09. The van der Waals surface area contributed by atoms with Crippen LogP contribution in [-0.2, 0) is 9.59 Å². The fourth-order valence-corrected chi connectivity index (χ4v) is 2.14. The first kappa shape index (κ1) is 18.6. The molecule has 0 radical (unpaired) electrons. The summed E-state index contributed by atoms with van der Waals surface area (Å²) in [4.78, 5) is 37.2. The summed E-state index contributed by atoms with van der Waals surface area (Å²) in [5.41, 5.74) is 17.9. The number of carbonyl (C=O) groups is 2. The monoisotopic (exact) mass is 330 g/mol. The standard InChI is InChI=1S/C11H22N8O4/c12-6-4-8(16-5-6)10(21)17-7(9(13)20)2-1-3-15-11(14)18-19(22)23/h6-8,16H,1-5,12H2,(H2,13,20)(H,17,21)(H3,14,15,18)/t6-,7+,8?/m0/s1. The molecule has 12 nitrogen and oxygen atoms in total. The van der Waals surface area contributed by atoms with Gasteiger partial charge in [-0.15, -0.1) is 0 Å². The highest BCUT2D eigenvalue weighted by Crippen LogP contribution is 2.06. The Morgan fingerprint density at radius 2 is 2.13 bits per heavy atom. The number of hydrogen-bond donors (Lipinski definition) is 6. The summed E-state index contributed by atoms with van der Waals surface area (Å²) in [6, 6.07) is -1.38. The molecule has 12 heteroatoms. The number of nitrogens with two attached hydrogens (primary N) is 3. The Bertz CT molecular complexity index is 483. The van der Waals surface area contributed by atoms with E-state index in [0.717, 1.165) is 0 Å². The Balaban J connectivity index is 2.39. The molecule has 0 saturated carbocycles. The molecule has 23 heavy (non-hydrogen) atoms. The van der Waals surface area contributed by atoms with Gasteiger partial charge in [0.1, 0.15) is 6.04 Å². The Hall–Kier alpha value is -2.47. The first-order valence-electron chi connectivity index (χ1n) is 7.09.